The van der Waals surface area contributed by atoms with Crippen LogP contribution in [0.2, 0.25) is 0 Å². The van der Waals surface area contributed by atoms with E-state index in [2.05, 4.69) is 21.3 Å². The molecule has 2 aromatic heterocycles. The summed E-state index contributed by atoms with van der Waals surface area (Å²) in [6.07, 6.45) is 9.02. The number of amides is 1. The van der Waals surface area contributed by atoms with Gasteiger partial charge in [-0.2, -0.15) is 0 Å². The van der Waals surface area contributed by atoms with Gasteiger partial charge in [-0.15, -0.1) is 11.3 Å². The normalized spacial score (nSPS) is 13.5. The largest absolute Gasteiger partial charge is 0.497 e. The van der Waals surface area contributed by atoms with Crippen LogP contribution < -0.4 is 10.1 Å². The molecule has 0 bridgehead atoms. The number of ether oxygens (including phenoxy) is 2. The molecule has 0 atom stereocenters. The highest BCUT2D eigenvalue weighted by atomic mass is 32.1. The lowest BCUT2D eigenvalue weighted by Crippen LogP contribution is -2.25. The second-order valence-corrected chi connectivity index (χ2v) is 9.77. The fraction of sp³-hybridized carbons (Fsp3) is 0.429. The van der Waals surface area contributed by atoms with Gasteiger partial charge < -0.3 is 19.4 Å². The summed E-state index contributed by atoms with van der Waals surface area (Å²) in [5, 5.41) is 6.15. The molecule has 0 saturated heterocycles. The average molecular weight is 494 g/mol. The molecule has 0 spiro atoms. The number of thiazole rings is 1. The third-order valence-electron chi connectivity index (χ3n) is 6.56. The minimum atomic E-state index is -0.0174. The van der Waals surface area contributed by atoms with Gasteiger partial charge in [-0.3, -0.25) is 4.79 Å². The zero-order chi connectivity index (χ0) is 24.6. The maximum absolute atomic E-state index is 13.1. The Morgan fingerprint density at radius 3 is 2.74 bits per heavy atom. The quantitative estimate of drug-likeness (QED) is 0.253. The number of hydrogen-bond acceptors (Lipinski definition) is 5. The molecule has 2 heterocycles. The summed E-state index contributed by atoms with van der Waals surface area (Å²) in [5.41, 5.74) is 6.05. The number of aromatic nitrogens is 2. The summed E-state index contributed by atoms with van der Waals surface area (Å²) >= 11 is 1.60. The molecule has 0 saturated carbocycles. The van der Waals surface area contributed by atoms with Gasteiger partial charge in [0.25, 0.3) is 5.91 Å². The third kappa shape index (κ3) is 6.21. The van der Waals surface area contributed by atoms with Crippen molar-refractivity contribution in [2.45, 2.75) is 52.0 Å². The van der Waals surface area contributed by atoms with Gasteiger partial charge in [0.2, 0.25) is 0 Å². The lowest BCUT2D eigenvalue weighted by molar-refractivity contribution is 0.0953. The van der Waals surface area contributed by atoms with Crippen LogP contribution in [0.4, 0.5) is 0 Å². The topological polar surface area (TPSA) is 65.4 Å². The lowest BCUT2D eigenvalue weighted by atomic mass is 9.97. The van der Waals surface area contributed by atoms with E-state index >= 15 is 0 Å². The van der Waals surface area contributed by atoms with Crippen molar-refractivity contribution in [1.82, 2.24) is 14.9 Å². The Labute approximate surface area is 212 Å². The van der Waals surface area contributed by atoms with E-state index in [0.717, 1.165) is 59.2 Å². The molecule has 0 fully saturated rings. The average Bonchev–Trinajstić information content (AvgIpc) is 3.50. The fourth-order valence-corrected chi connectivity index (χ4v) is 5.38. The summed E-state index contributed by atoms with van der Waals surface area (Å²) in [4.78, 5) is 18.0. The van der Waals surface area contributed by atoms with Crippen LogP contribution in [0.25, 0.3) is 22.0 Å². The standard InChI is InChI=1S/C28H35N3O3S/c1-20-24(27(32)29-15-14-21-8-5-4-6-9-21)18-26(31(20)16-7-17-33-2)25-19-35-28(30-25)22-10-12-23(34-3)13-11-22/h8,10-13,18-19H,4-7,9,14-17H2,1-3H3,(H,29,32). The molecule has 1 aliphatic rings. The molecule has 3 aromatic rings. The Bertz CT molecular complexity index is 1160. The van der Waals surface area contributed by atoms with Crippen LogP contribution in [0.1, 0.15) is 54.6 Å². The SMILES string of the molecule is COCCCn1c(-c2csc(-c3ccc(OC)cc3)n2)cc(C(=O)NCCC2=CCCCC2)c1C. The van der Waals surface area contributed by atoms with Crippen molar-refractivity contribution in [3.8, 4) is 27.7 Å². The molecule has 35 heavy (non-hydrogen) atoms. The molecule has 1 amide bonds. The van der Waals surface area contributed by atoms with E-state index in [4.69, 9.17) is 14.5 Å². The van der Waals surface area contributed by atoms with Crippen LogP contribution in [0.5, 0.6) is 5.75 Å². The number of nitrogens with zero attached hydrogens (tertiary/aromatic N) is 2. The molecular formula is C28H35N3O3S. The number of nitrogens with one attached hydrogen (secondary N) is 1. The summed E-state index contributed by atoms with van der Waals surface area (Å²) in [5.74, 6) is 0.805. The van der Waals surface area contributed by atoms with E-state index in [1.807, 2.05) is 37.3 Å². The van der Waals surface area contributed by atoms with Crippen molar-refractivity contribution in [2.75, 3.05) is 27.4 Å². The number of rotatable bonds is 11. The van der Waals surface area contributed by atoms with Crippen molar-refractivity contribution in [3.63, 3.8) is 0 Å². The summed E-state index contributed by atoms with van der Waals surface area (Å²) in [6, 6.07) is 9.92. The number of carbonyl (C=O) groups is 1. The van der Waals surface area contributed by atoms with Gasteiger partial charge in [0.1, 0.15) is 10.8 Å². The molecule has 7 heteroatoms. The van der Waals surface area contributed by atoms with Gasteiger partial charge in [-0.05, 0) is 75.8 Å². The second-order valence-electron chi connectivity index (χ2n) is 8.91. The molecule has 4 rings (SSSR count). The first kappa shape index (κ1) is 25.2. The Morgan fingerprint density at radius 1 is 1.20 bits per heavy atom. The maximum Gasteiger partial charge on any atom is 0.253 e. The van der Waals surface area contributed by atoms with E-state index in [-0.39, 0.29) is 5.91 Å². The first-order valence-corrected chi connectivity index (χ1v) is 13.2. The molecule has 0 unspecified atom stereocenters. The number of carbonyl (C=O) groups excluding carboxylic acids is 1. The van der Waals surface area contributed by atoms with Crippen LogP contribution >= 0.6 is 11.3 Å². The monoisotopic (exact) mass is 493 g/mol. The van der Waals surface area contributed by atoms with E-state index in [1.54, 1.807) is 25.6 Å². The number of benzene rings is 1. The summed E-state index contributed by atoms with van der Waals surface area (Å²) < 4.78 is 12.7. The minimum absolute atomic E-state index is 0.0174. The van der Waals surface area contributed by atoms with Gasteiger partial charge in [-0.1, -0.05) is 11.6 Å². The van der Waals surface area contributed by atoms with Crippen molar-refractivity contribution in [3.05, 3.63) is 58.6 Å². The molecular weight excluding hydrogens is 458 g/mol. The summed E-state index contributed by atoms with van der Waals surface area (Å²) in [6.45, 7) is 4.13. The van der Waals surface area contributed by atoms with Gasteiger partial charge in [0, 0.05) is 43.4 Å². The van der Waals surface area contributed by atoms with Crippen LogP contribution in [0.15, 0.2) is 47.4 Å². The van der Waals surface area contributed by atoms with Crippen molar-refractivity contribution < 1.29 is 14.3 Å². The highest BCUT2D eigenvalue weighted by Gasteiger charge is 2.20. The molecule has 6 nitrogen and oxygen atoms in total. The molecule has 0 aliphatic heterocycles. The number of methoxy groups -OCH3 is 2. The predicted octanol–water partition coefficient (Wildman–Crippen LogP) is 6.25. The van der Waals surface area contributed by atoms with Gasteiger partial charge in [0.15, 0.2) is 0 Å². The van der Waals surface area contributed by atoms with E-state index < -0.39 is 0 Å². The fourth-order valence-electron chi connectivity index (χ4n) is 4.56. The van der Waals surface area contributed by atoms with E-state index in [1.165, 1.54) is 24.8 Å². The zero-order valence-corrected chi connectivity index (χ0v) is 21.7. The third-order valence-corrected chi connectivity index (χ3v) is 7.45. The van der Waals surface area contributed by atoms with Gasteiger partial charge in [0.05, 0.1) is 24.1 Å². The number of hydrogen-bond donors (Lipinski definition) is 1. The molecule has 0 radical (unpaired) electrons. The van der Waals surface area contributed by atoms with Gasteiger partial charge >= 0.3 is 0 Å². The predicted molar refractivity (Wildman–Crippen MR) is 142 cm³/mol. The molecule has 1 aromatic carbocycles. The van der Waals surface area contributed by atoms with Gasteiger partial charge in [-0.25, -0.2) is 4.98 Å². The summed E-state index contributed by atoms with van der Waals surface area (Å²) in [7, 11) is 3.38. The Balaban J connectivity index is 1.54. The van der Waals surface area contributed by atoms with Crippen LogP contribution in [-0.4, -0.2) is 42.8 Å². The smallest absolute Gasteiger partial charge is 0.253 e. The van der Waals surface area contributed by atoms with Crippen molar-refractivity contribution in [1.29, 1.82) is 0 Å². The van der Waals surface area contributed by atoms with Crippen LogP contribution in [-0.2, 0) is 11.3 Å². The lowest BCUT2D eigenvalue weighted by Gasteiger charge is -2.13. The first-order chi connectivity index (χ1) is 17.1. The van der Waals surface area contributed by atoms with Crippen LogP contribution in [0, 0.1) is 6.92 Å². The zero-order valence-electron chi connectivity index (χ0n) is 20.9. The molecule has 1 N–H and O–H groups in total. The highest BCUT2D eigenvalue weighted by Crippen LogP contribution is 2.32. The second kappa shape index (κ2) is 12.2. The number of allylic oxidation sites excluding steroid dienone is 1. The Kier molecular flexibility index (Phi) is 8.77. The first-order valence-electron chi connectivity index (χ1n) is 12.4. The Hall–Kier alpha value is -2.90. The Morgan fingerprint density at radius 2 is 2.03 bits per heavy atom. The maximum atomic E-state index is 13.1. The van der Waals surface area contributed by atoms with E-state index in [9.17, 15) is 4.79 Å². The van der Waals surface area contributed by atoms with Crippen molar-refractivity contribution in [2.24, 2.45) is 0 Å². The van der Waals surface area contributed by atoms with Crippen molar-refractivity contribution >= 4 is 17.2 Å². The molecule has 1 aliphatic carbocycles. The highest BCUT2D eigenvalue weighted by molar-refractivity contribution is 7.13. The molecule has 186 valence electrons. The minimum Gasteiger partial charge on any atom is -0.497 e. The van der Waals surface area contributed by atoms with Crippen LogP contribution in [0.3, 0.4) is 0 Å². The van der Waals surface area contributed by atoms with E-state index in [0.29, 0.717) is 18.7 Å².